The maximum Gasteiger partial charge on any atom is 0.448 e. The molecule has 1 atom stereocenters. The number of hydrogen-bond donors (Lipinski definition) is 1. The SMILES string of the molecule is COC([SiH3])(OC)C(O)(OC)C(F)(F)F. The Bertz CT molecular complexity index is 194. The zero-order chi connectivity index (χ0) is 11.6. The standard InChI is InChI=1S/C6H13F3O4Si/c1-11-4(10,5(7,8)9)6(14,12-2)13-3/h10H,1-3,14H3. The minimum absolute atomic E-state index is 0.222. The van der Waals surface area contributed by atoms with Crippen LogP contribution in [0.1, 0.15) is 0 Å². The molecule has 0 amide bonds. The van der Waals surface area contributed by atoms with Crippen molar-refractivity contribution >= 4 is 10.2 Å². The van der Waals surface area contributed by atoms with Crippen molar-refractivity contribution in [2.24, 2.45) is 0 Å². The van der Waals surface area contributed by atoms with E-state index in [4.69, 9.17) is 0 Å². The van der Waals surface area contributed by atoms with Gasteiger partial charge < -0.3 is 19.3 Å². The third kappa shape index (κ3) is 1.93. The molecule has 0 saturated heterocycles. The van der Waals surface area contributed by atoms with Crippen molar-refractivity contribution < 1.29 is 32.5 Å². The summed E-state index contributed by atoms with van der Waals surface area (Å²) >= 11 is 0. The van der Waals surface area contributed by atoms with E-state index in [1.54, 1.807) is 0 Å². The number of alkyl halides is 3. The highest BCUT2D eigenvalue weighted by molar-refractivity contribution is 6.14. The van der Waals surface area contributed by atoms with E-state index in [0.717, 1.165) is 21.3 Å². The Morgan fingerprint density at radius 2 is 1.36 bits per heavy atom. The predicted molar refractivity (Wildman–Crippen MR) is 44.7 cm³/mol. The molecule has 0 heterocycles. The molecule has 0 aliphatic heterocycles. The van der Waals surface area contributed by atoms with Crippen LogP contribution in [0.5, 0.6) is 0 Å². The molecule has 8 heteroatoms. The molecule has 0 aromatic heterocycles. The molecule has 0 rings (SSSR count). The van der Waals surface area contributed by atoms with Gasteiger partial charge >= 0.3 is 12.0 Å². The number of aliphatic hydroxyl groups is 1. The van der Waals surface area contributed by atoms with Crippen LogP contribution in [-0.4, -0.2) is 54.1 Å². The van der Waals surface area contributed by atoms with Gasteiger partial charge in [-0.1, -0.05) is 0 Å². The molecule has 0 aliphatic rings. The van der Waals surface area contributed by atoms with Crippen LogP contribution in [0, 0.1) is 0 Å². The number of ether oxygens (including phenoxy) is 3. The van der Waals surface area contributed by atoms with Crippen molar-refractivity contribution in [3.05, 3.63) is 0 Å². The second-order valence-electron chi connectivity index (χ2n) is 2.70. The summed E-state index contributed by atoms with van der Waals surface area (Å²) in [6, 6.07) is 0. The van der Waals surface area contributed by atoms with E-state index in [-0.39, 0.29) is 10.2 Å². The first-order valence-corrected chi connectivity index (χ1v) is 4.63. The maximum absolute atomic E-state index is 12.5. The Morgan fingerprint density at radius 1 is 1.00 bits per heavy atom. The summed E-state index contributed by atoms with van der Waals surface area (Å²) in [5.41, 5.74) is -2.18. The molecule has 86 valence electrons. The van der Waals surface area contributed by atoms with Crippen molar-refractivity contribution in [2.75, 3.05) is 21.3 Å². The summed E-state index contributed by atoms with van der Waals surface area (Å²) in [6.07, 6.45) is -4.99. The van der Waals surface area contributed by atoms with Gasteiger partial charge in [-0.2, -0.15) is 13.2 Å². The van der Waals surface area contributed by atoms with Gasteiger partial charge in [0.2, 0.25) is 5.41 Å². The smallest absolute Gasteiger partial charge is 0.355 e. The van der Waals surface area contributed by atoms with E-state index in [0.29, 0.717) is 0 Å². The van der Waals surface area contributed by atoms with Crippen LogP contribution in [0.2, 0.25) is 0 Å². The highest BCUT2D eigenvalue weighted by Gasteiger charge is 2.67. The Hall–Kier alpha value is -0.153. The van der Waals surface area contributed by atoms with Gasteiger partial charge in [0.25, 0.3) is 0 Å². The molecule has 4 nitrogen and oxygen atoms in total. The third-order valence-electron chi connectivity index (χ3n) is 2.07. The van der Waals surface area contributed by atoms with Gasteiger partial charge in [-0.3, -0.25) is 0 Å². The van der Waals surface area contributed by atoms with Crippen LogP contribution in [0.4, 0.5) is 13.2 Å². The van der Waals surface area contributed by atoms with Crippen LogP contribution < -0.4 is 0 Å². The lowest BCUT2D eigenvalue weighted by molar-refractivity contribution is -0.437. The summed E-state index contributed by atoms with van der Waals surface area (Å²) in [7, 11) is 2.53. The van der Waals surface area contributed by atoms with E-state index in [1.165, 1.54) is 0 Å². The highest BCUT2D eigenvalue weighted by Crippen LogP contribution is 2.39. The van der Waals surface area contributed by atoms with Crippen LogP contribution in [0.15, 0.2) is 0 Å². The summed E-state index contributed by atoms with van der Waals surface area (Å²) in [5.74, 6) is -3.45. The molecular weight excluding hydrogens is 221 g/mol. The molecule has 1 N–H and O–H groups in total. The van der Waals surface area contributed by atoms with Gasteiger partial charge in [-0.15, -0.1) is 0 Å². The predicted octanol–water partition coefficient (Wildman–Crippen LogP) is -0.804. The molecule has 0 aliphatic carbocycles. The van der Waals surface area contributed by atoms with E-state index in [1.807, 2.05) is 0 Å². The van der Waals surface area contributed by atoms with E-state index >= 15 is 0 Å². The average Bonchev–Trinajstić information content (AvgIpc) is 2.13. The van der Waals surface area contributed by atoms with Crippen LogP contribution in [0.25, 0.3) is 0 Å². The van der Waals surface area contributed by atoms with Crippen LogP contribution in [0.3, 0.4) is 0 Å². The number of rotatable bonds is 4. The number of methoxy groups -OCH3 is 3. The Balaban J connectivity index is 5.22. The molecule has 0 fully saturated rings. The minimum atomic E-state index is -4.99. The summed E-state index contributed by atoms with van der Waals surface area (Å²) in [6.45, 7) is 0. The molecular formula is C6H13F3O4Si. The number of hydrogen-bond acceptors (Lipinski definition) is 4. The topological polar surface area (TPSA) is 47.9 Å². The Kier molecular flexibility index (Phi) is 4.10. The van der Waals surface area contributed by atoms with Gasteiger partial charge in [-0.25, -0.2) is 0 Å². The number of halogens is 3. The van der Waals surface area contributed by atoms with Crippen LogP contribution >= 0.6 is 0 Å². The summed E-state index contributed by atoms with van der Waals surface area (Å²) < 4.78 is 50.5. The summed E-state index contributed by atoms with van der Waals surface area (Å²) in [4.78, 5) is 0. The van der Waals surface area contributed by atoms with Gasteiger partial charge in [0.15, 0.2) is 0 Å². The maximum atomic E-state index is 12.5. The largest absolute Gasteiger partial charge is 0.448 e. The van der Waals surface area contributed by atoms with E-state index in [2.05, 4.69) is 14.2 Å². The first-order valence-electron chi connectivity index (χ1n) is 3.63. The average molecular weight is 234 g/mol. The van der Waals surface area contributed by atoms with Gasteiger partial charge in [0, 0.05) is 21.3 Å². The minimum Gasteiger partial charge on any atom is -0.355 e. The van der Waals surface area contributed by atoms with Crippen molar-refractivity contribution in [1.29, 1.82) is 0 Å². The zero-order valence-electron chi connectivity index (χ0n) is 8.31. The molecule has 0 aromatic carbocycles. The first-order chi connectivity index (χ1) is 6.18. The molecule has 1 unspecified atom stereocenters. The van der Waals surface area contributed by atoms with E-state index < -0.39 is 17.4 Å². The molecule has 0 spiro atoms. The lowest BCUT2D eigenvalue weighted by atomic mass is 10.2. The zero-order valence-corrected chi connectivity index (χ0v) is 10.3. The quantitative estimate of drug-likeness (QED) is 0.511. The molecule has 14 heavy (non-hydrogen) atoms. The Labute approximate surface area is 82.4 Å². The first kappa shape index (κ1) is 13.8. The third-order valence-corrected chi connectivity index (χ3v) is 3.57. The van der Waals surface area contributed by atoms with Gasteiger partial charge in [0.05, 0.1) is 10.2 Å². The van der Waals surface area contributed by atoms with Gasteiger partial charge in [0.1, 0.15) is 0 Å². The van der Waals surface area contributed by atoms with E-state index in [9.17, 15) is 18.3 Å². The van der Waals surface area contributed by atoms with Crippen LogP contribution in [-0.2, 0) is 14.2 Å². The van der Waals surface area contributed by atoms with Crippen molar-refractivity contribution in [3.8, 4) is 0 Å². The lowest BCUT2D eigenvalue weighted by Gasteiger charge is -2.41. The Morgan fingerprint density at radius 3 is 1.43 bits per heavy atom. The normalized spacial score (nSPS) is 18.2. The highest BCUT2D eigenvalue weighted by atomic mass is 28.1. The summed E-state index contributed by atoms with van der Waals surface area (Å²) in [5, 5.41) is 9.31. The lowest BCUT2D eigenvalue weighted by Crippen LogP contribution is -2.66. The fourth-order valence-electron chi connectivity index (χ4n) is 0.919. The fourth-order valence-corrected chi connectivity index (χ4v) is 1.41. The fraction of sp³-hybridized carbons (Fsp3) is 1.00. The van der Waals surface area contributed by atoms with Crippen molar-refractivity contribution in [1.82, 2.24) is 0 Å². The second kappa shape index (κ2) is 4.15. The molecule has 0 radical (unpaired) electrons. The van der Waals surface area contributed by atoms with Gasteiger partial charge in [-0.05, 0) is 0 Å². The van der Waals surface area contributed by atoms with Crippen molar-refractivity contribution in [3.63, 3.8) is 0 Å². The molecule has 0 aromatic rings. The second-order valence-corrected chi connectivity index (χ2v) is 4.02. The van der Waals surface area contributed by atoms with Crippen molar-refractivity contribution in [2.45, 2.75) is 17.4 Å². The molecule has 0 bridgehead atoms. The molecule has 0 saturated carbocycles. The monoisotopic (exact) mass is 234 g/mol.